The SMILES string of the molecule is C.C.CC(C)=O.CNc1ccc(Oc2ccc(C(C)(C)c3ccc(Oc4ccc(NC(C)=O)cc4)cc3)cc2)cc1.c1ccccc1. The van der Waals surface area contributed by atoms with Crippen molar-refractivity contribution in [2.75, 3.05) is 17.7 Å². The Bertz CT molecular complexity index is 1570. The highest BCUT2D eigenvalue weighted by Gasteiger charge is 2.23. The molecule has 0 radical (unpaired) electrons. The van der Waals surface area contributed by atoms with Crippen molar-refractivity contribution in [1.29, 1.82) is 0 Å². The van der Waals surface area contributed by atoms with Crippen LogP contribution >= 0.6 is 0 Å². The first kappa shape index (κ1) is 39.7. The van der Waals surface area contributed by atoms with Gasteiger partial charge in [-0.15, -0.1) is 0 Å². The lowest BCUT2D eigenvalue weighted by molar-refractivity contribution is -0.115. The van der Waals surface area contributed by atoms with Gasteiger partial charge in [0.15, 0.2) is 0 Å². The Balaban J connectivity index is 0.000000795. The van der Waals surface area contributed by atoms with Crippen LogP contribution in [0.3, 0.4) is 0 Å². The summed E-state index contributed by atoms with van der Waals surface area (Å²) in [6.07, 6.45) is 0. The van der Waals surface area contributed by atoms with Crippen LogP contribution in [-0.2, 0) is 15.0 Å². The highest BCUT2D eigenvalue weighted by molar-refractivity contribution is 5.88. The van der Waals surface area contributed by atoms with Gasteiger partial charge in [-0.05, 0) is 97.8 Å². The number of benzene rings is 5. The average molecular weight is 635 g/mol. The maximum atomic E-state index is 11.2. The average Bonchev–Trinajstić information content (AvgIpc) is 3.04. The molecule has 0 atom stereocenters. The van der Waals surface area contributed by atoms with E-state index in [4.69, 9.17) is 9.47 Å². The van der Waals surface area contributed by atoms with Crippen LogP contribution in [0, 0.1) is 0 Å². The predicted octanol–water partition coefficient (Wildman–Crippen LogP) is 11.2. The third-order valence-corrected chi connectivity index (χ3v) is 6.61. The van der Waals surface area contributed by atoms with E-state index in [2.05, 4.69) is 48.7 Å². The number of rotatable bonds is 8. The van der Waals surface area contributed by atoms with Crippen molar-refractivity contribution in [3.63, 3.8) is 0 Å². The van der Waals surface area contributed by atoms with E-state index in [0.717, 1.165) is 28.6 Å². The van der Waals surface area contributed by atoms with Gasteiger partial charge in [0.25, 0.3) is 0 Å². The summed E-state index contributed by atoms with van der Waals surface area (Å²) in [6.45, 7) is 8.95. The molecule has 0 fully saturated rings. The maximum absolute atomic E-state index is 11.2. The van der Waals surface area contributed by atoms with Gasteiger partial charge in [-0.3, -0.25) is 4.79 Å². The van der Waals surface area contributed by atoms with E-state index in [0.29, 0.717) is 5.75 Å². The fraction of sp³-hybridized carbons (Fsp3) is 0.220. The van der Waals surface area contributed by atoms with Crippen LogP contribution in [0.4, 0.5) is 11.4 Å². The molecule has 248 valence electrons. The van der Waals surface area contributed by atoms with Gasteiger partial charge in [0.1, 0.15) is 28.8 Å². The van der Waals surface area contributed by atoms with Crippen LogP contribution in [0.15, 0.2) is 133 Å². The predicted molar refractivity (Wildman–Crippen MR) is 198 cm³/mol. The molecule has 0 aliphatic heterocycles. The van der Waals surface area contributed by atoms with E-state index in [1.165, 1.54) is 31.9 Å². The number of amides is 1. The third kappa shape index (κ3) is 13.7. The smallest absolute Gasteiger partial charge is 0.221 e. The van der Waals surface area contributed by atoms with E-state index in [1.807, 2.05) is 116 Å². The lowest BCUT2D eigenvalue weighted by Gasteiger charge is -2.26. The van der Waals surface area contributed by atoms with Gasteiger partial charge < -0.3 is 24.9 Å². The van der Waals surface area contributed by atoms with Gasteiger partial charge in [-0.25, -0.2) is 0 Å². The zero-order chi connectivity index (χ0) is 32.7. The van der Waals surface area contributed by atoms with E-state index in [-0.39, 0.29) is 32.0 Å². The van der Waals surface area contributed by atoms with Crippen LogP contribution in [-0.4, -0.2) is 18.7 Å². The molecule has 0 spiro atoms. The van der Waals surface area contributed by atoms with Gasteiger partial charge in [-0.2, -0.15) is 0 Å². The Labute approximate surface area is 281 Å². The van der Waals surface area contributed by atoms with Crippen molar-refractivity contribution < 1.29 is 19.1 Å². The largest absolute Gasteiger partial charge is 0.457 e. The van der Waals surface area contributed by atoms with Crippen molar-refractivity contribution in [2.45, 2.75) is 54.9 Å². The molecule has 2 N–H and O–H groups in total. The highest BCUT2D eigenvalue weighted by Crippen LogP contribution is 2.35. The number of carbonyl (C=O) groups is 2. The molecule has 0 saturated heterocycles. The molecule has 0 saturated carbocycles. The summed E-state index contributed by atoms with van der Waals surface area (Å²) in [6, 6.07) is 43.5. The lowest BCUT2D eigenvalue weighted by Crippen LogP contribution is -2.18. The van der Waals surface area contributed by atoms with Gasteiger partial charge in [0.05, 0.1) is 0 Å². The fourth-order valence-electron chi connectivity index (χ4n) is 4.20. The zero-order valence-corrected chi connectivity index (χ0v) is 26.8. The molecular weight excluding hydrogens is 584 g/mol. The molecule has 5 rings (SSSR count). The summed E-state index contributed by atoms with van der Waals surface area (Å²) < 4.78 is 12.0. The quantitative estimate of drug-likeness (QED) is 0.178. The Morgan fingerprint density at radius 3 is 1.06 bits per heavy atom. The van der Waals surface area contributed by atoms with E-state index in [1.54, 1.807) is 0 Å². The number of anilines is 2. The molecule has 0 aromatic heterocycles. The zero-order valence-electron chi connectivity index (χ0n) is 26.8. The molecule has 0 aliphatic carbocycles. The van der Waals surface area contributed by atoms with E-state index < -0.39 is 0 Å². The Morgan fingerprint density at radius 1 is 0.511 bits per heavy atom. The Kier molecular flexibility index (Phi) is 16.8. The number of Topliss-reactive ketones (excluding diaryl/α,β-unsaturated/α-hetero) is 1. The summed E-state index contributed by atoms with van der Waals surface area (Å²) in [7, 11) is 1.89. The molecule has 0 bridgehead atoms. The summed E-state index contributed by atoms with van der Waals surface area (Å²) in [4.78, 5) is 20.6. The van der Waals surface area contributed by atoms with Crippen LogP contribution in [0.1, 0.15) is 60.6 Å². The first-order valence-corrected chi connectivity index (χ1v) is 14.8. The molecule has 1 amide bonds. The van der Waals surface area contributed by atoms with Crippen LogP contribution < -0.4 is 20.1 Å². The van der Waals surface area contributed by atoms with Crippen molar-refractivity contribution in [3.8, 4) is 23.0 Å². The molecule has 5 aromatic carbocycles. The summed E-state index contributed by atoms with van der Waals surface area (Å²) in [5.41, 5.74) is 3.97. The minimum atomic E-state index is -0.189. The summed E-state index contributed by atoms with van der Waals surface area (Å²) >= 11 is 0. The Morgan fingerprint density at radius 2 is 0.787 bits per heavy atom. The van der Waals surface area contributed by atoms with E-state index >= 15 is 0 Å². The second-order valence-corrected chi connectivity index (χ2v) is 10.9. The third-order valence-electron chi connectivity index (χ3n) is 6.61. The topological polar surface area (TPSA) is 76.7 Å². The number of carbonyl (C=O) groups excluding carboxylic acids is 2. The first-order valence-electron chi connectivity index (χ1n) is 14.8. The van der Waals surface area contributed by atoms with Crippen LogP contribution in [0.5, 0.6) is 23.0 Å². The van der Waals surface area contributed by atoms with Crippen molar-refractivity contribution in [1.82, 2.24) is 0 Å². The van der Waals surface area contributed by atoms with Crippen molar-refractivity contribution >= 4 is 23.1 Å². The van der Waals surface area contributed by atoms with Crippen LogP contribution in [0.2, 0.25) is 0 Å². The number of hydrogen-bond acceptors (Lipinski definition) is 5. The standard InChI is InChI=1S/C30H30N2O3.C6H6.C3H6O.2CH4/c1-21(33)32-25-11-19-29(20-12-25)35-27-15-7-23(8-16-27)30(2,3)22-5-13-26(14-6-22)34-28-17-9-24(31-4)10-18-28;1-2-4-6-5-3-1;1-3(2)4;;/h5-20,31H,1-4H3,(H,32,33);1-6H;1-2H3;2*1H4. The second kappa shape index (κ2) is 19.9. The van der Waals surface area contributed by atoms with Crippen molar-refractivity contribution in [2.24, 2.45) is 0 Å². The summed E-state index contributed by atoms with van der Waals surface area (Å²) in [5.74, 6) is 3.14. The molecule has 5 aromatic rings. The molecule has 0 heterocycles. The highest BCUT2D eigenvalue weighted by atomic mass is 16.5. The number of hydrogen-bond donors (Lipinski definition) is 2. The van der Waals surface area contributed by atoms with Gasteiger partial charge in [-0.1, -0.05) is 89.4 Å². The summed E-state index contributed by atoms with van der Waals surface area (Å²) in [5, 5.41) is 5.86. The Hall–Kier alpha value is -5.36. The van der Waals surface area contributed by atoms with E-state index in [9.17, 15) is 9.59 Å². The van der Waals surface area contributed by atoms with Gasteiger partial charge in [0.2, 0.25) is 5.91 Å². The minimum Gasteiger partial charge on any atom is -0.457 e. The van der Waals surface area contributed by atoms with Gasteiger partial charge >= 0.3 is 0 Å². The molecule has 0 unspecified atom stereocenters. The van der Waals surface area contributed by atoms with Crippen LogP contribution in [0.25, 0.3) is 0 Å². The normalized spacial score (nSPS) is 9.74. The molecule has 6 heteroatoms. The first-order chi connectivity index (χ1) is 21.6. The number of ketones is 1. The molecule has 47 heavy (non-hydrogen) atoms. The number of nitrogens with one attached hydrogen (secondary N) is 2. The minimum absolute atomic E-state index is 0. The fourth-order valence-corrected chi connectivity index (χ4v) is 4.20. The van der Waals surface area contributed by atoms with Crippen molar-refractivity contribution in [3.05, 3.63) is 145 Å². The molecule has 6 nitrogen and oxygen atoms in total. The van der Waals surface area contributed by atoms with Gasteiger partial charge in [0, 0.05) is 30.8 Å². The molecular formula is C41H50N2O4. The maximum Gasteiger partial charge on any atom is 0.221 e. The monoisotopic (exact) mass is 634 g/mol. The molecule has 0 aliphatic rings. The number of ether oxygens (including phenoxy) is 2. The lowest BCUT2D eigenvalue weighted by atomic mass is 9.78. The second-order valence-electron chi connectivity index (χ2n) is 10.9.